The molecular weight excluding hydrogens is 350 g/mol. The Labute approximate surface area is 150 Å². The van der Waals surface area contributed by atoms with Crippen LogP contribution in [0, 0.1) is 11.8 Å². The van der Waals surface area contributed by atoms with Crippen LogP contribution >= 0.6 is 12.4 Å². The van der Waals surface area contributed by atoms with E-state index in [1.165, 1.54) is 13.1 Å². The van der Waals surface area contributed by atoms with Crippen molar-refractivity contribution in [3.8, 4) is 0 Å². The monoisotopic (exact) mass is 375 g/mol. The fraction of sp³-hybridized carbons (Fsp3) is 0.562. The maximum atomic E-state index is 12.4. The summed E-state index contributed by atoms with van der Waals surface area (Å²) < 4.78 is 26.0. The summed E-state index contributed by atoms with van der Waals surface area (Å²) >= 11 is 0. The maximum absolute atomic E-state index is 12.4. The molecule has 0 aliphatic heterocycles. The molecule has 1 amide bonds. The highest BCUT2D eigenvalue weighted by atomic mass is 35.5. The summed E-state index contributed by atoms with van der Waals surface area (Å²) in [5.41, 5.74) is 6.49. The van der Waals surface area contributed by atoms with Gasteiger partial charge in [-0.25, -0.2) is 13.1 Å². The van der Waals surface area contributed by atoms with Crippen LogP contribution in [0.4, 0.5) is 0 Å². The van der Waals surface area contributed by atoms with Crippen molar-refractivity contribution < 1.29 is 13.2 Å². The number of carbonyl (C=O) groups excluding carboxylic acids is 1. The minimum Gasteiger partial charge on any atom is -0.349 e. The van der Waals surface area contributed by atoms with E-state index in [0.29, 0.717) is 6.54 Å². The zero-order valence-electron chi connectivity index (χ0n) is 14.0. The van der Waals surface area contributed by atoms with Crippen LogP contribution in [0.3, 0.4) is 0 Å². The van der Waals surface area contributed by atoms with Gasteiger partial charge in [0, 0.05) is 5.92 Å². The van der Waals surface area contributed by atoms with Crippen molar-refractivity contribution in [1.29, 1.82) is 0 Å². The summed E-state index contributed by atoms with van der Waals surface area (Å²) in [6.45, 7) is 2.39. The second-order valence-electron chi connectivity index (χ2n) is 6.04. The van der Waals surface area contributed by atoms with E-state index in [2.05, 4.69) is 10.0 Å². The normalized spacial score (nSPS) is 21.8. The van der Waals surface area contributed by atoms with Crippen molar-refractivity contribution in [2.24, 2.45) is 17.6 Å². The van der Waals surface area contributed by atoms with E-state index in [1.54, 1.807) is 12.1 Å². The Hall–Kier alpha value is -1.15. The Kier molecular flexibility index (Phi) is 7.66. The van der Waals surface area contributed by atoms with Gasteiger partial charge in [-0.05, 0) is 57.0 Å². The number of hydrogen-bond donors (Lipinski definition) is 3. The average molecular weight is 376 g/mol. The van der Waals surface area contributed by atoms with Gasteiger partial charge in [0.15, 0.2) is 0 Å². The van der Waals surface area contributed by atoms with Crippen LogP contribution in [0.25, 0.3) is 0 Å². The van der Waals surface area contributed by atoms with E-state index in [-0.39, 0.29) is 41.1 Å². The molecule has 136 valence electrons. The highest BCUT2D eigenvalue weighted by Crippen LogP contribution is 2.31. The van der Waals surface area contributed by atoms with Crippen molar-refractivity contribution in [3.63, 3.8) is 0 Å². The first kappa shape index (κ1) is 20.9. The van der Waals surface area contributed by atoms with Crippen LogP contribution in [0.1, 0.15) is 37.8 Å². The first-order valence-electron chi connectivity index (χ1n) is 7.93. The number of hydrogen-bond acceptors (Lipinski definition) is 4. The zero-order valence-corrected chi connectivity index (χ0v) is 15.6. The van der Waals surface area contributed by atoms with Crippen molar-refractivity contribution in [2.75, 3.05) is 13.6 Å². The van der Waals surface area contributed by atoms with Crippen molar-refractivity contribution in [3.05, 3.63) is 29.8 Å². The molecule has 1 unspecified atom stereocenters. The van der Waals surface area contributed by atoms with Crippen LogP contribution in [0.15, 0.2) is 29.2 Å². The summed E-state index contributed by atoms with van der Waals surface area (Å²) in [5, 5.41) is 2.99. The smallest absolute Gasteiger partial charge is 0.240 e. The molecule has 6 nitrogen and oxygen atoms in total. The number of benzene rings is 1. The average Bonchev–Trinajstić information content (AvgIpc) is 3.03. The molecule has 24 heavy (non-hydrogen) atoms. The van der Waals surface area contributed by atoms with Gasteiger partial charge in [0.1, 0.15) is 0 Å². The van der Waals surface area contributed by atoms with Gasteiger partial charge in [0.25, 0.3) is 0 Å². The minimum absolute atomic E-state index is 0. The Morgan fingerprint density at radius 2 is 2.08 bits per heavy atom. The van der Waals surface area contributed by atoms with Crippen LogP contribution in [0.2, 0.25) is 0 Å². The summed E-state index contributed by atoms with van der Waals surface area (Å²) in [4.78, 5) is 12.6. The maximum Gasteiger partial charge on any atom is 0.240 e. The first-order chi connectivity index (χ1) is 10.9. The summed E-state index contributed by atoms with van der Waals surface area (Å²) in [6.07, 6.45) is 2.90. The molecule has 8 heteroatoms. The van der Waals surface area contributed by atoms with Gasteiger partial charge < -0.3 is 11.1 Å². The minimum atomic E-state index is -3.49. The number of amides is 1. The van der Waals surface area contributed by atoms with Crippen molar-refractivity contribution >= 4 is 28.3 Å². The van der Waals surface area contributed by atoms with E-state index >= 15 is 0 Å². The lowest BCUT2D eigenvalue weighted by Crippen LogP contribution is -2.36. The summed E-state index contributed by atoms with van der Waals surface area (Å²) in [6, 6.07) is 6.36. The predicted molar refractivity (Wildman–Crippen MR) is 96.4 cm³/mol. The number of rotatable bonds is 6. The molecule has 2 rings (SSSR count). The molecule has 0 heterocycles. The number of halogens is 1. The van der Waals surface area contributed by atoms with Crippen LogP contribution in [0.5, 0.6) is 0 Å². The number of sulfonamides is 1. The Bertz CT molecular complexity index is 666. The molecule has 1 aliphatic carbocycles. The fourth-order valence-electron chi connectivity index (χ4n) is 3.14. The lowest BCUT2D eigenvalue weighted by Gasteiger charge is -2.21. The molecule has 3 atom stereocenters. The lowest BCUT2D eigenvalue weighted by molar-refractivity contribution is -0.126. The third-order valence-corrected chi connectivity index (χ3v) is 6.01. The molecule has 0 spiro atoms. The molecule has 1 aromatic rings. The fourth-order valence-corrected chi connectivity index (χ4v) is 3.92. The van der Waals surface area contributed by atoms with Gasteiger partial charge in [-0.2, -0.15) is 0 Å². The van der Waals surface area contributed by atoms with Gasteiger partial charge in [-0.15, -0.1) is 12.4 Å². The Balaban J connectivity index is 0.00000288. The topological polar surface area (TPSA) is 101 Å². The Morgan fingerprint density at radius 1 is 1.38 bits per heavy atom. The third-order valence-electron chi connectivity index (χ3n) is 4.59. The van der Waals surface area contributed by atoms with Crippen molar-refractivity contribution in [2.45, 2.75) is 37.1 Å². The number of carbonyl (C=O) groups is 1. The van der Waals surface area contributed by atoms with Gasteiger partial charge in [-0.3, -0.25) is 4.79 Å². The molecule has 0 saturated heterocycles. The predicted octanol–water partition coefficient (Wildman–Crippen LogP) is 1.57. The third kappa shape index (κ3) is 4.69. The van der Waals surface area contributed by atoms with E-state index in [1.807, 2.05) is 13.0 Å². The molecule has 0 bridgehead atoms. The van der Waals surface area contributed by atoms with Gasteiger partial charge >= 0.3 is 0 Å². The molecule has 1 saturated carbocycles. The molecular formula is C16H26ClN3O3S. The number of nitrogens with two attached hydrogens (primary N) is 1. The summed E-state index contributed by atoms with van der Waals surface area (Å²) in [5.74, 6) is 0.220. The highest BCUT2D eigenvalue weighted by molar-refractivity contribution is 7.89. The van der Waals surface area contributed by atoms with Gasteiger partial charge in [-0.1, -0.05) is 18.6 Å². The largest absolute Gasteiger partial charge is 0.349 e. The molecule has 1 fully saturated rings. The molecule has 4 N–H and O–H groups in total. The second-order valence-corrected chi connectivity index (χ2v) is 7.93. The number of nitrogens with one attached hydrogen (secondary N) is 2. The standard InChI is InChI=1S/C16H25N3O3S.ClH/c1-11(19-16(20)15-8-4-6-13(15)10-17)12-5-3-7-14(9-12)23(21,22)18-2;/h3,5,7,9,11,13,15,18H,4,6,8,10,17H2,1-2H3,(H,19,20);1H/t11?,13-,15-;/m1./s1. The summed E-state index contributed by atoms with van der Waals surface area (Å²) in [7, 11) is -2.12. The second kappa shape index (κ2) is 8.80. The van der Waals surface area contributed by atoms with E-state index in [0.717, 1.165) is 24.8 Å². The molecule has 1 aromatic carbocycles. The zero-order chi connectivity index (χ0) is 17.0. The first-order valence-corrected chi connectivity index (χ1v) is 9.41. The highest BCUT2D eigenvalue weighted by Gasteiger charge is 2.32. The van der Waals surface area contributed by atoms with E-state index in [9.17, 15) is 13.2 Å². The Morgan fingerprint density at radius 3 is 2.71 bits per heavy atom. The van der Waals surface area contributed by atoms with E-state index < -0.39 is 10.0 Å². The van der Waals surface area contributed by atoms with Crippen LogP contribution in [-0.4, -0.2) is 27.9 Å². The lowest BCUT2D eigenvalue weighted by atomic mass is 9.94. The molecule has 0 aromatic heterocycles. The van der Waals surface area contributed by atoms with Crippen molar-refractivity contribution in [1.82, 2.24) is 10.0 Å². The van der Waals surface area contributed by atoms with Gasteiger partial charge in [0.2, 0.25) is 15.9 Å². The van der Waals surface area contributed by atoms with Crippen LogP contribution < -0.4 is 15.8 Å². The van der Waals surface area contributed by atoms with Gasteiger partial charge in [0.05, 0.1) is 10.9 Å². The molecule has 0 radical (unpaired) electrons. The van der Waals surface area contributed by atoms with Crippen LogP contribution in [-0.2, 0) is 14.8 Å². The SMILES string of the molecule is CNS(=O)(=O)c1cccc(C(C)NC(=O)[C@@H]2CCC[C@@H]2CN)c1.Cl. The molecule has 1 aliphatic rings. The van der Waals surface area contributed by atoms with E-state index in [4.69, 9.17) is 5.73 Å². The quantitative estimate of drug-likeness (QED) is 0.702.